The van der Waals surface area contributed by atoms with Crippen molar-refractivity contribution in [2.24, 2.45) is 7.05 Å². The molecule has 8 nitrogen and oxygen atoms in total. The number of aliphatic hydroxyl groups excluding tert-OH is 1. The van der Waals surface area contributed by atoms with Gasteiger partial charge in [0.25, 0.3) is 0 Å². The molecule has 2 unspecified atom stereocenters. The fourth-order valence-electron chi connectivity index (χ4n) is 4.05. The molecule has 0 amide bonds. The molecular formula is C21H23N7O. The smallest absolute Gasteiger partial charge is 0.162 e. The standard InChI is InChI=1S/C21H23N7O/c1-11(29)20-24-13(3)26-28(20)19-10-17(22-12(2)23-19)14-9-15(14)21-25-16-7-5-6-8-18(16)27(21)4/h5-8,10-11,14-15,29H,9H2,1-4H3/t11?,14-,15?/m1/s1. The first-order chi connectivity index (χ1) is 13.9. The SMILES string of the molecule is Cc1nc([C@@H]2CC2c2nc3ccccc3n2C)cc(-n2nc(C)nc2C(C)O)n1. The van der Waals surface area contributed by atoms with E-state index in [2.05, 4.69) is 37.7 Å². The number of aryl methyl sites for hydroxylation is 3. The molecule has 1 aliphatic carbocycles. The molecular weight excluding hydrogens is 366 g/mol. The third kappa shape index (κ3) is 3.00. The van der Waals surface area contributed by atoms with Gasteiger partial charge in [0.15, 0.2) is 11.6 Å². The number of benzene rings is 1. The number of para-hydroxylation sites is 2. The molecule has 0 aliphatic heterocycles. The zero-order chi connectivity index (χ0) is 20.3. The van der Waals surface area contributed by atoms with Crippen molar-refractivity contribution in [3.05, 3.63) is 59.3 Å². The molecule has 29 heavy (non-hydrogen) atoms. The van der Waals surface area contributed by atoms with E-state index in [1.165, 1.54) is 0 Å². The van der Waals surface area contributed by atoms with Gasteiger partial charge in [-0.15, -0.1) is 5.10 Å². The van der Waals surface area contributed by atoms with Gasteiger partial charge in [-0.05, 0) is 39.3 Å². The maximum absolute atomic E-state index is 10.1. The number of aliphatic hydroxyl groups is 1. The summed E-state index contributed by atoms with van der Waals surface area (Å²) in [4.78, 5) is 18.4. The maximum Gasteiger partial charge on any atom is 0.162 e. The van der Waals surface area contributed by atoms with Crippen molar-refractivity contribution in [3.63, 3.8) is 0 Å². The lowest BCUT2D eigenvalue weighted by atomic mass is 10.2. The van der Waals surface area contributed by atoms with Crippen LogP contribution >= 0.6 is 0 Å². The van der Waals surface area contributed by atoms with Crippen LogP contribution < -0.4 is 0 Å². The third-order valence-corrected chi connectivity index (χ3v) is 5.50. The molecule has 3 heterocycles. The fourth-order valence-corrected chi connectivity index (χ4v) is 4.05. The molecule has 1 aliphatic rings. The van der Waals surface area contributed by atoms with Gasteiger partial charge in [-0.2, -0.15) is 4.68 Å². The van der Waals surface area contributed by atoms with E-state index in [9.17, 15) is 5.11 Å². The van der Waals surface area contributed by atoms with Gasteiger partial charge in [-0.3, -0.25) is 0 Å². The zero-order valence-electron chi connectivity index (χ0n) is 16.9. The van der Waals surface area contributed by atoms with E-state index in [1.54, 1.807) is 18.5 Å². The van der Waals surface area contributed by atoms with E-state index >= 15 is 0 Å². The van der Waals surface area contributed by atoms with Crippen LogP contribution in [0.25, 0.3) is 16.9 Å². The Morgan fingerprint density at radius 1 is 1.03 bits per heavy atom. The number of fused-ring (bicyclic) bond motifs is 1. The van der Waals surface area contributed by atoms with Gasteiger partial charge in [0, 0.05) is 24.9 Å². The largest absolute Gasteiger partial charge is 0.385 e. The number of nitrogens with zero attached hydrogens (tertiary/aromatic N) is 7. The Kier molecular flexibility index (Phi) is 3.99. The number of imidazole rings is 1. The average molecular weight is 389 g/mol. The van der Waals surface area contributed by atoms with Crippen molar-refractivity contribution in [3.8, 4) is 5.82 Å². The summed E-state index contributed by atoms with van der Waals surface area (Å²) in [5.41, 5.74) is 3.15. The van der Waals surface area contributed by atoms with E-state index in [-0.39, 0.29) is 0 Å². The van der Waals surface area contributed by atoms with Crippen LogP contribution in [0.15, 0.2) is 30.3 Å². The third-order valence-electron chi connectivity index (χ3n) is 5.50. The highest BCUT2D eigenvalue weighted by atomic mass is 16.3. The zero-order valence-corrected chi connectivity index (χ0v) is 16.9. The molecule has 1 N–H and O–H groups in total. The first-order valence-corrected chi connectivity index (χ1v) is 9.81. The highest BCUT2D eigenvalue weighted by molar-refractivity contribution is 5.76. The molecule has 5 rings (SSSR count). The van der Waals surface area contributed by atoms with Crippen LogP contribution in [0.4, 0.5) is 0 Å². The van der Waals surface area contributed by atoms with Crippen molar-refractivity contribution >= 4 is 11.0 Å². The van der Waals surface area contributed by atoms with Gasteiger partial charge in [0.05, 0.1) is 16.7 Å². The van der Waals surface area contributed by atoms with E-state index in [4.69, 9.17) is 4.98 Å². The van der Waals surface area contributed by atoms with E-state index in [0.29, 0.717) is 35.1 Å². The second-order valence-electron chi connectivity index (χ2n) is 7.77. The molecule has 3 atom stereocenters. The molecule has 4 aromatic rings. The molecule has 0 spiro atoms. The monoisotopic (exact) mass is 389 g/mol. The van der Waals surface area contributed by atoms with Crippen molar-refractivity contribution in [2.45, 2.75) is 45.1 Å². The summed E-state index contributed by atoms with van der Waals surface area (Å²) in [6.45, 7) is 5.36. The molecule has 3 aromatic heterocycles. The minimum Gasteiger partial charge on any atom is -0.385 e. The Labute approximate surface area is 168 Å². The molecule has 0 saturated heterocycles. The Hall–Kier alpha value is -3.13. The molecule has 8 heteroatoms. The number of hydrogen-bond donors (Lipinski definition) is 1. The number of aromatic nitrogens is 7. The lowest BCUT2D eigenvalue weighted by Gasteiger charge is -2.09. The Balaban J connectivity index is 1.51. The highest BCUT2D eigenvalue weighted by Gasteiger charge is 2.44. The van der Waals surface area contributed by atoms with Gasteiger partial charge in [-0.1, -0.05) is 12.1 Å². The summed E-state index contributed by atoms with van der Waals surface area (Å²) in [5.74, 6) is 4.12. The minimum atomic E-state index is -0.733. The average Bonchev–Trinajstić information content (AvgIpc) is 3.28. The van der Waals surface area contributed by atoms with Gasteiger partial charge in [0.2, 0.25) is 0 Å². The highest BCUT2D eigenvalue weighted by Crippen LogP contribution is 2.54. The lowest BCUT2D eigenvalue weighted by molar-refractivity contribution is 0.186. The molecule has 1 aromatic carbocycles. The summed E-state index contributed by atoms with van der Waals surface area (Å²) in [6.07, 6.45) is 0.274. The maximum atomic E-state index is 10.1. The molecule has 1 fully saturated rings. The Bertz CT molecular complexity index is 1220. The Morgan fingerprint density at radius 2 is 1.83 bits per heavy atom. The molecule has 0 radical (unpaired) electrons. The summed E-state index contributed by atoms with van der Waals surface area (Å²) in [6, 6.07) is 10.2. The summed E-state index contributed by atoms with van der Waals surface area (Å²) >= 11 is 0. The number of rotatable bonds is 4. The molecule has 0 bridgehead atoms. The van der Waals surface area contributed by atoms with Crippen LogP contribution in [0.5, 0.6) is 0 Å². The quantitative estimate of drug-likeness (QED) is 0.577. The van der Waals surface area contributed by atoms with Crippen molar-refractivity contribution in [2.75, 3.05) is 0 Å². The topological polar surface area (TPSA) is 94.5 Å². The van der Waals surface area contributed by atoms with Gasteiger partial charge < -0.3 is 9.67 Å². The van der Waals surface area contributed by atoms with E-state index in [0.717, 1.165) is 29.0 Å². The lowest BCUT2D eigenvalue weighted by Crippen LogP contribution is -2.10. The van der Waals surface area contributed by atoms with Crippen LogP contribution in [-0.4, -0.2) is 39.4 Å². The van der Waals surface area contributed by atoms with Gasteiger partial charge in [-0.25, -0.2) is 19.9 Å². The van der Waals surface area contributed by atoms with Crippen LogP contribution in [0.2, 0.25) is 0 Å². The minimum absolute atomic E-state index is 0.297. The molecule has 148 valence electrons. The molecule has 1 saturated carbocycles. The van der Waals surface area contributed by atoms with Crippen LogP contribution in [0.3, 0.4) is 0 Å². The van der Waals surface area contributed by atoms with Crippen LogP contribution in [0.1, 0.15) is 60.3 Å². The predicted octanol–water partition coefficient (Wildman–Crippen LogP) is 2.89. The fraction of sp³-hybridized carbons (Fsp3) is 0.381. The second kappa shape index (κ2) is 6.45. The van der Waals surface area contributed by atoms with Crippen LogP contribution in [-0.2, 0) is 7.05 Å². The first kappa shape index (κ1) is 17.9. The van der Waals surface area contributed by atoms with E-state index < -0.39 is 6.10 Å². The van der Waals surface area contributed by atoms with Gasteiger partial charge in [0.1, 0.15) is 23.6 Å². The Morgan fingerprint density at radius 3 is 2.59 bits per heavy atom. The normalized spacial score (nSPS) is 19.6. The van der Waals surface area contributed by atoms with E-state index in [1.807, 2.05) is 31.2 Å². The predicted molar refractivity (Wildman–Crippen MR) is 108 cm³/mol. The van der Waals surface area contributed by atoms with Crippen molar-refractivity contribution in [1.82, 2.24) is 34.3 Å². The van der Waals surface area contributed by atoms with Crippen molar-refractivity contribution in [1.29, 1.82) is 0 Å². The van der Waals surface area contributed by atoms with Gasteiger partial charge >= 0.3 is 0 Å². The summed E-state index contributed by atoms with van der Waals surface area (Å²) in [7, 11) is 2.07. The second-order valence-corrected chi connectivity index (χ2v) is 7.77. The van der Waals surface area contributed by atoms with Crippen LogP contribution in [0, 0.1) is 13.8 Å². The summed E-state index contributed by atoms with van der Waals surface area (Å²) in [5, 5.41) is 14.5. The van der Waals surface area contributed by atoms with Crippen molar-refractivity contribution < 1.29 is 5.11 Å². The summed E-state index contributed by atoms with van der Waals surface area (Å²) < 4.78 is 3.80. The number of hydrogen-bond acceptors (Lipinski definition) is 6. The first-order valence-electron chi connectivity index (χ1n) is 9.81.